The summed E-state index contributed by atoms with van der Waals surface area (Å²) in [5.41, 5.74) is 1.32. The lowest BCUT2D eigenvalue weighted by Crippen LogP contribution is -2.35. The Labute approximate surface area is 123 Å². The lowest BCUT2D eigenvalue weighted by Gasteiger charge is -2.21. The van der Waals surface area contributed by atoms with E-state index in [1.807, 2.05) is 26.0 Å². The van der Waals surface area contributed by atoms with Gasteiger partial charge in [0.25, 0.3) is 0 Å². The molecule has 4 heteroatoms. The fourth-order valence-electron chi connectivity index (χ4n) is 1.57. The molecule has 0 bridgehead atoms. The zero-order chi connectivity index (χ0) is 13.6. The molecule has 0 atom stereocenters. The third-order valence-electron chi connectivity index (χ3n) is 2.43. The number of hydrogen-bond donors (Lipinski definition) is 1. The maximum Gasteiger partial charge on any atom is 0.161 e. The highest BCUT2D eigenvalue weighted by Crippen LogP contribution is 2.28. The first-order valence-corrected chi connectivity index (χ1v) is 6.59. The number of nitrogens with one attached hydrogen (secondary N) is 1. The van der Waals surface area contributed by atoms with E-state index >= 15 is 0 Å². The topological polar surface area (TPSA) is 30.5 Å². The van der Waals surface area contributed by atoms with Crippen LogP contribution in [0.15, 0.2) is 18.2 Å². The number of hydrogen-bond acceptors (Lipinski definition) is 3. The highest BCUT2D eigenvalue weighted by molar-refractivity contribution is 5.85. The summed E-state index contributed by atoms with van der Waals surface area (Å²) >= 11 is 0. The first-order valence-electron chi connectivity index (χ1n) is 6.59. The number of benzene rings is 1. The standard InChI is InChI=1S/C15H25NO2.ClH/c1-6-17-13-9-8-12(10-14(13)18-7-2)11-16-15(3,4)5;/h8-10,16H,6-7,11H2,1-5H3;1H. The van der Waals surface area contributed by atoms with Gasteiger partial charge in [0.15, 0.2) is 11.5 Å². The van der Waals surface area contributed by atoms with Crippen LogP contribution < -0.4 is 14.8 Å². The monoisotopic (exact) mass is 287 g/mol. The Hall–Kier alpha value is -0.930. The highest BCUT2D eigenvalue weighted by Gasteiger charge is 2.10. The van der Waals surface area contributed by atoms with Gasteiger partial charge >= 0.3 is 0 Å². The molecule has 0 unspecified atom stereocenters. The third kappa shape index (κ3) is 6.69. The number of rotatable bonds is 6. The van der Waals surface area contributed by atoms with Crippen molar-refractivity contribution in [3.05, 3.63) is 23.8 Å². The van der Waals surface area contributed by atoms with E-state index in [9.17, 15) is 0 Å². The molecular weight excluding hydrogens is 262 g/mol. The minimum Gasteiger partial charge on any atom is -0.490 e. The molecule has 1 N–H and O–H groups in total. The van der Waals surface area contributed by atoms with Crippen LogP contribution in [0.25, 0.3) is 0 Å². The smallest absolute Gasteiger partial charge is 0.161 e. The predicted octanol–water partition coefficient (Wildman–Crippen LogP) is 3.79. The average Bonchev–Trinajstić information content (AvgIpc) is 2.29. The van der Waals surface area contributed by atoms with Crippen LogP contribution in [0.2, 0.25) is 0 Å². The predicted molar refractivity (Wildman–Crippen MR) is 82.6 cm³/mol. The Bertz CT molecular complexity index is 375. The molecule has 0 fully saturated rings. The van der Waals surface area contributed by atoms with Crippen molar-refractivity contribution >= 4 is 12.4 Å². The maximum atomic E-state index is 5.61. The van der Waals surface area contributed by atoms with Gasteiger partial charge in [-0.25, -0.2) is 0 Å². The van der Waals surface area contributed by atoms with Crippen LogP contribution >= 0.6 is 12.4 Å². The van der Waals surface area contributed by atoms with Crippen molar-refractivity contribution in [3.8, 4) is 11.5 Å². The molecule has 110 valence electrons. The van der Waals surface area contributed by atoms with Crippen molar-refractivity contribution in [2.24, 2.45) is 0 Å². The summed E-state index contributed by atoms with van der Waals surface area (Å²) in [6, 6.07) is 6.10. The summed E-state index contributed by atoms with van der Waals surface area (Å²) in [5.74, 6) is 1.64. The second-order valence-electron chi connectivity index (χ2n) is 5.25. The molecule has 0 saturated heterocycles. The van der Waals surface area contributed by atoms with Crippen molar-refractivity contribution in [2.75, 3.05) is 13.2 Å². The van der Waals surface area contributed by atoms with Crippen LogP contribution in [-0.4, -0.2) is 18.8 Å². The van der Waals surface area contributed by atoms with Crippen molar-refractivity contribution < 1.29 is 9.47 Å². The maximum absolute atomic E-state index is 5.61. The summed E-state index contributed by atoms with van der Waals surface area (Å²) in [7, 11) is 0. The first-order chi connectivity index (χ1) is 8.46. The van der Waals surface area contributed by atoms with Gasteiger partial charge in [-0.15, -0.1) is 12.4 Å². The second kappa shape index (κ2) is 8.28. The molecule has 0 saturated carbocycles. The normalized spacial score (nSPS) is 10.8. The van der Waals surface area contributed by atoms with Crippen LogP contribution in [0.3, 0.4) is 0 Å². The van der Waals surface area contributed by atoms with E-state index < -0.39 is 0 Å². The SMILES string of the molecule is CCOc1ccc(CNC(C)(C)C)cc1OCC.Cl. The average molecular weight is 288 g/mol. The van der Waals surface area contributed by atoms with Crippen LogP contribution in [-0.2, 0) is 6.54 Å². The van der Waals surface area contributed by atoms with Crippen LogP contribution in [0.4, 0.5) is 0 Å². The molecule has 19 heavy (non-hydrogen) atoms. The highest BCUT2D eigenvalue weighted by atomic mass is 35.5. The van der Waals surface area contributed by atoms with Crippen molar-refractivity contribution in [3.63, 3.8) is 0 Å². The van der Waals surface area contributed by atoms with Gasteiger partial charge in [-0.05, 0) is 52.3 Å². The zero-order valence-electron chi connectivity index (χ0n) is 12.6. The van der Waals surface area contributed by atoms with Gasteiger partial charge in [0.1, 0.15) is 0 Å². The Kier molecular flexibility index (Phi) is 7.88. The largest absolute Gasteiger partial charge is 0.490 e. The van der Waals surface area contributed by atoms with E-state index in [1.165, 1.54) is 5.56 Å². The molecule has 0 aliphatic carbocycles. The van der Waals surface area contributed by atoms with Gasteiger partial charge in [0.05, 0.1) is 13.2 Å². The van der Waals surface area contributed by atoms with Gasteiger partial charge < -0.3 is 14.8 Å². The minimum atomic E-state index is 0. The van der Waals surface area contributed by atoms with E-state index in [1.54, 1.807) is 0 Å². The molecule has 0 radical (unpaired) electrons. The summed E-state index contributed by atoms with van der Waals surface area (Å²) < 4.78 is 11.2. The van der Waals surface area contributed by atoms with E-state index in [0.717, 1.165) is 18.0 Å². The zero-order valence-corrected chi connectivity index (χ0v) is 13.4. The van der Waals surface area contributed by atoms with Gasteiger partial charge in [-0.3, -0.25) is 0 Å². The summed E-state index contributed by atoms with van der Waals surface area (Å²) in [4.78, 5) is 0. The first kappa shape index (κ1) is 18.1. The summed E-state index contributed by atoms with van der Waals surface area (Å²) in [5, 5.41) is 3.46. The van der Waals surface area contributed by atoms with Crippen LogP contribution in [0.5, 0.6) is 11.5 Å². The minimum absolute atomic E-state index is 0. The fraction of sp³-hybridized carbons (Fsp3) is 0.600. The molecule has 0 heterocycles. The van der Waals surface area contributed by atoms with E-state index in [2.05, 4.69) is 32.2 Å². The summed E-state index contributed by atoms with van der Waals surface area (Å²) in [6.07, 6.45) is 0. The second-order valence-corrected chi connectivity index (χ2v) is 5.25. The molecule has 0 aliphatic heterocycles. The third-order valence-corrected chi connectivity index (χ3v) is 2.43. The number of halogens is 1. The summed E-state index contributed by atoms with van der Waals surface area (Å²) in [6.45, 7) is 12.6. The van der Waals surface area contributed by atoms with Gasteiger partial charge in [-0.1, -0.05) is 6.07 Å². The Balaban J connectivity index is 0.00000324. The Morgan fingerprint density at radius 3 is 2.11 bits per heavy atom. The van der Waals surface area contributed by atoms with Crippen molar-refractivity contribution in [1.82, 2.24) is 5.32 Å². The molecule has 3 nitrogen and oxygen atoms in total. The molecule has 0 spiro atoms. The molecule has 0 aliphatic rings. The van der Waals surface area contributed by atoms with Gasteiger partial charge in [0, 0.05) is 12.1 Å². The quantitative estimate of drug-likeness (QED) is 0.863. The van der Waals surface area contributed by atoms with Crippen LogP contribution in [0, 0.1) is 0 Å². The van der Waals surface area contributed by atoms with E-state index in [4.69, 9.17) is 9.47 Å². The lowest BCUT2D eigenvalue weighted by atomic mass is 10.1. The van der Waals surface area contributed by atoms with Crippen molar-refractivity contribution in [2.45, 2.75) is 46.7 Å². The Morgan fingerprint density at radius 1 is 1.00 bits per heavy atom. The number of ether oxygens (including phenoxy) is 2. The van der Waals surface area contributed by atoms with Gasteiger partial charge in [0.2, 0.25) is 0 Å². The van der Waals surface area contributed by atoms with Gasteiger partial charge in [-0.2, -0.15) is 0 Å². The lowest BCUT2D eigenvalue weighted by molar-refractivity contribution is 0.287. The molecule has 1 aromatic rings. The van der Waals surface area contributed by atoms with Crippen molar-refractivity contribution in [1.29, 1.82) is 0 Å². The molecule has 1 aromatic carbocycles. The molecular formula is C15H26ClNO2. The molecule has 1 rings (SSSR count). The Morgan fingerprint density at radius 2 is 1.58 bits per heavy atom. The molecule has 0 amide bonds. The molecule has 0 aromatic heterocycles. The van der Waals surface area contributed by atoms with Crippen LogP contribution in [0.1, 0.15) is 40.2 Å². The fourth-order valence-corrected chi connectivity index (χ4v) is 1.57. The van der Waals surface area contributed by atoms with E-state index in [0.29, 0.717) is 13.2 Å². The van der Waals surface area contributed by atoms with E-state index in [-0.39, 0.29) is 17.9 Å².